The monoisotopic (exact) mass is 950 g/mol. The lowest BCUT2D eigenvalue weighted by molar-refractivity contribution is 0.0697. The molecule has 8 nitrogen and oxygen atoms in total. The molecule has 0 aliphatic carbocycles. The lowest BCUT2D eigenvalue weighted by Crippen LogP contribution is -2.21. The summed E-state index contributed by atoms with van der Waals surface area (Å²) in [6.07, 6.45) is 5.19. The van der Waals surface area contributed by atoms with Crippen molar-refractivity contribution in [3.05, 3.63) is 238 Å². The van der Waals surface area contributed by atoms with Crippen LogP contribution in [0.25, 0.3) is 44.0 Å². The predicted octanol–water partition coefficient (Wildman–Crippen LogP) is 14.2. The Morgan fingerprint density at radius 2 is 1.10 bits per heavy atom. The van der Waals surface area contributed by atoms with E-state index in [0.29, 0.717) is 5.56 Å². The molecular formula is C60H60ClFN6O2. The van der Waals surface area contributed by atoms with Crippen LogP contribution in [-0.4, -0.2) is 83.0 Å². The van der Waals surface area contributed by atoms with Crippen molar-refractivity contribution in [1.29, 1.82) is 0 Å². The van der Waals surface area contributed by atoms with Gasteiger partial charge in [0.2, 0.25) is 0 Å². The quantitative estimate of drug-likeness (QED) is 0.0979. The van der Waals surface area contributed by atoms with E-state index in [1.54, 1.807) is 24.3 Å². The highest BCUT2D eigenvalue weighted by Gasteiger charge is 2.26. The Balaban J connectivity index is 0.000000143. The maximum Gasteiger partial charge on any atom is 0.335 e. The second kappa shape index (κ2) is 22.0. The van der Waals surface area contributed by atoms with E-state index in [4.69, 9.17) is 16.7 Å². The van der Waals surface area contributed by atoms with Crippen LogP contribution < -0.4 is 0 Å². The number of H-pyrrole nitrogens is 3. The number of carboxylic acids is 1. The number of fused-ring (bicyclic) bond motifs is 3. The van der Waals surface area contributed by atoms with E-state index < -0.39 is 11.8 Å². The second-order valence-corrected chi connectivity index (χ2v) is 18.6. The molecule has 4 N–H and O–H groups in total. The number of halogens is 2. The van der Waals surface area contributed by atoms with Gasteiger partial charge in [0, 0.05) is 50.7 Å². The summed E-state index contributed by atoms with van der Waals surface area (Å²) < 4.78 is 13.7. The molecule has 3 unspecified atom stereocenters. The number of aromatic carboxylic acids is 1. The van der Waals surface area contributed by atoms with Crippen molar-refractivity contribution in [2.75, 3.05) is 42.3 Å². The molecule has 3 aromatic heterocycles. The normalized spacial score (nSPS) is 12.7. The van der Waals surface area contributed by atoms with Gasteiger partial charge in [-0.25, -0.2) is 9.18 Å². The molecule has 0 radical (unpaired) electrons. The molecule has 10 aromatic rings. The number of aromatic nitrogens is 3. The van der Waals surface area contributed by atoms with Crippen LogP contribution in [0.3, 0.4) is 0 Å². The minimum atomic E-state index is -0.912. The molecular weight excluding hydrogens is 891 g/mol. The molecule has 70 heavy (non-hydrogen) atoms. The van der Waals surface area contributed by atoms with E-state index in [2.05, 4.69) is 168 Å². The first kappa shape index (κ1) is 49.2. The van der Waals surface area contributed by atoms with Crippen LogP contribution in [0.5, 0.6) is 0 Å². The molecule has 10 rings (SSSR count). The predicted molar refractivity (Wildman–Crippen MR) is 288 cm³/mol. The fourth-order valence-electron chi connectivity index (χ4n) is 9.74. The van der Waals surface area contributed by atoms with Crippen LogP contribution in [0.1, 0.15) is 74.4 Å². The molecule has 0 fully saturated rings. The number of nitrogens with one attached hydrogen (secondary N) is 3. The Morgan fingerprint density at radius 3 is 1.66 bits per heavy atom. The van der Waals surface area contributed by atoms with Gasteiger partial charge in [-0.2, -0.15) is 0 Å². The molecule has 0 saturated heterocycles. The average molecular weight is 952 g/mol. The molecule has 3 heterocycles. The lowest BCUT2D eigenvalue weighted by Gasteiger charge is -2.26. The first-order chi connectivity index (χ1) is 33.9. The number of hydrogen-bond donors (Lipinski definition) is 4. The van der Waals surface area contributed by atoms with Gasteiger partial charge in [-0.3, -0.25) is 14.7 Å². The first-order valence-electron chi connectivity index (χ1n) is 23.5. The minimum Gasteiger partial charge on any atom is -0.478 e. The van der Waals surface area contributed by atoms with E-state index in [9.17, 15) is 9.18 Å². The fourth-order valence-corrected chi connectivity index (χ4v) is 9.92. The van der Waals surface area contributed by atoms with Crippen molar-refractivity contribution in [3.63, 3.8) is 0 Å². The number of benzene rings is 7. The van der Waals surface area contributed by atoms with Crippen LogP contribution in [0.15, 0.2) is 182 Å². The largest absolute Gasteiger partial charge is 0.478 e. The maximum atomic E-state index is 13.7. The third-order valence-corrected chi connectivity index (χ3v) is 13.2. The van der Waals surface area contributed by atoms with E-state index in [0.717, 1.165) is 50.6 Å². The summed E-state index contributed by atoms with van der Waals surface area (Å²) in [5, 5.41) is 12.8. The Labute approximate surface area is 415 Å². The van der Waals surface area contributed by atoms with Crippen molar-refractivity contribution in [3.8, 4) is 11.3 Å². The van der Waals surface area contributed by atoms with Gasteiger partial charge in [0.1, 0.15) is 5.82 Å². The molecule has 0 aliphatic rings. The standard InChI is InChI=1S/C23H20ClFN2.C19H22N2.C18H18N2O2/c1-27(2)23(15-8-4-3-5-9-15)21-17-10-6-7-11-20(17)26-22(21)16-12-13-19(25)18(24)14-16;1-4-14-11-8-12-16-17(13-20-18(14)16)19(21(2)3)15-9-6-5-7-10-15;1-20(2)17(12-6-4-3-5-7-12)15-11-19-16-10-13(18(21)22)8-9-14(15)16/h3-14,23,26H,1-2H3;5-13,19-20H,4H2,1-3H3;3-11,17,19H,1-2H3,(H,21,22). The van der Waals surface area contributed by atoms with E-state index >= 15 is 0 Å². The highest BCUT2D eigenvalue weighted by molar-refractivity contribution is 6.31. The average Bonchev–Trinajstić information content (AvgIpc) is 4.10. The van der Waals surface area contributed by atoms with Crippen LogP contribution >= 0.6 is 11.6 Å². The van der Waals surface area contributed by atoms with E-state index in [-0.39, 0.29) is 23.1 Å². The van der Waals surface area contributed by atoms with Crippen molar-refractivity contribution in [1.82, 2.24) is 29.7 Å². The molecule has 356 valence electrons. The maximum absolute atomic E-state index is 13.7. The van der Waals surface area contributed by atoms with Gasteiger partial charge >= 0.3 is 5.97 Å². The zero-order valence-electron chi connectivity index (χ0n) is 40.7. The van der Waals surface area contributed by atoms with E-state index in [1.807, 2.05) is 62.8 Å². The van der Waals surface area contributed by atoms with Gasteiger partial charge in [0.25, 0.3) is 0 Å². The zero-order chi connectivity index (χ0) is 49.5. The van der Waals surface area contributed by atoms with Gasteiger partial charge in [-0.05, 0) is 124 Å². The molecule has 10 heteroatoms. The Bertz CT molecular complexity index is 3330. The molecule has 0 aliphatic heterocycles. The molecule has 0 saturated carbocycles. The van der Waals surface area contributed by atoms with Gasteiger partial charge in [0.15, 0.2) is 0 Å². The molecule has 7 aromatic carbocycles. The van der Waals surface area contributed by atoms with Crippen molar-refractivity contribution in [2.45, 2.75) is 31.5 Å². The highest BCUT2D eigenvalue weighted by Crippen LogP contribution is 2.41. The Morgan fingerprint density at radius 1 is 0.571 bits per heavy atom. The Hall–Kier alpha value is -7.27. The number of aromatic amines is 3. The topological polar surface area (TPSA) is 94.4 Å². The van der Waals surface area contributed by atoms with Gasteiger partial charge in [-0.15, -0.1) is 0 Å². The summed E-state index contributed by atoms with van der Waals surface area (Å²) in [5.41, 5.74) is 14.0. The summed E-state index contributed by atoms with van der Waals surface area (Å²) in [7, 11) is 12.5. The number of aryl methyl sites for hydroxylation is 1. The fraction of sp³-hybridized carbons (Fsp3) is 0.183. The zero-order valence-corrected chi connectivity index (χ0v) is 41.5. The number of rotatable bonds is 12. The number of hydrogen-bond acceptors (Lipinski definition) is 4. The first-order valence-corrected chi connectivity index (χ1v) is 23.9. The smallest absolute Gasteiger partial charge is 0.335 e. The highest BCUT2D eigenvalue weighted by atomic mass is 35.5. The van der Waals surface area contributed by atoms with Gasteiger partial charge < -0.3 is 20.1 Å². The van der Waals surface area contributed by atoms with E-state index in [1.165, 1.54) is 44.8 Å². The van der Waals surface area contributed by atoms with Crippen LogP contribution in [-0.2, 0) is 6.42 Å². The summed E-state index contributed by atoms with van der Waals surface area (Å²) in [6.45, 7) is 2.20. The van der Waals surface area contributed by atoms with Crippen molar-refractivity contribution >= 4 is 50.3 Å². The number of carboxylic acid groups (broad SMARTS) is 1. The van der Waals surface area contributed by atoms with Crippen LogP contribution in [0.4, 0.5) is 4.39 Å². The second-order valence-electron chi connectivity index (χ2n) is 18.2. The molecule has 3 atom stereocenters. The SMILES string of the molecule is CCc1cccc2c(C(c3ccccc3)N(C)C)c[nH]c12.CN(C)C(c1ccccc1)c1c(-c2ccc(F)c(Cl)c2)[nH]c2ccccc12.CN(C)C(c1ccccc1)c1c[nH]c2cc(C(=O)O)ccc12. The summed E-state index contributed by atoms with van der Waals surface area (Å²) >= 11 is 6.07. The summed E-state index contributed by atoms with van der Waals surface area (Å²) in [5.74, 6) is -1.32. The van der Waals surface area contributed by atoms with Gasteiger partial charge in [0.05, 0.1) is 34.4 Å². The van der Waals surface area contributed by atoms with Crippen molar-refractivity contribution in [2.24, 2.45) is 0 Å². The number of para-hydroxylation sites is 2. The number of nitrogens with zero attached hydrogens (tertiary/aromatic N) is 3. The van der Waals surface area contributed by atoms with Crippen LogP contribution in [0, 0.1) is 5.82 Å². The third-order valence-electron chi connectivity index (χ3n) is 12.9. The van der Waals surface area contributed by atoms with Crippen LogP contribution in [0.2, 0.25) is 5.02 Å². The molecule has 0 bridgehead atoms. The van der Waals surface area contributed by atoms with Gasteiger partial charge in [-0.1, -0.05) is 152 Å². The lowest BCUT2D eigenvalue weighted by atomic mass is 9.93. The number of carbonyl (C=O) groups is 1. The third kappa shape index (κ3) is 10.5. The summed E-state index contributed by atoms with van der Waals surface area (Å²) in [6, 6.07) is 56.7. The molecule has 0 spiro atoms. The minimum absolute atomic E-state index is 0.0428. The van der Waals surface area contributed by atoms with Crippen molar-refractivity contribution < 1.29 is 14.3 Å². The molecule has 0 amide bonds. The Kier molecular flexibility index (Phi) is 15.5. The summed E-state index contributed by atoms with van der Waals surface area (Å²) in [4.78, 5) is 27.9.